The first-order valence-electron chi connectivity index (χ1n) is 14.2. The van der Waals surface area contributed by atoms with Crippen molar-refractivity contribution >= 4 is 56.4 Å². The Balaban J connectivity index is 1.13. The van der Waals surface area contributed by atoms with Gasteiger partial charge in [-0.25, -0.2) is 19.7 Å². The number of thiophene rings is 1. The van der Waals surface area contributed by atoms with Crippen LogP contribution in [0.5, 0.6) is 0 Å². The van der Waals surface area contributed by atoms with Crippen LogP contribution in [0, 0.1) is 6.92 Å². The van der Waals surface area contributed by atoms with Crippen molar-refractivity contribution in [2.24, 2.45) is 0 Å². The summed E-state index contributed by atoms with van der Waals surface area (Å²) in [6.07, 6.45) is 5.26. The Morgan fingerprint density at radius 2 is 1.60 bits per heavy atom. The highest BCUT2D eigenvalue weighted by molar-refractivity contribution is 7.21. The second-order valence-electron chi connectivity index (χ2n) is 10.8. The molecule has 9 heteroatoms. The maximum absolute atomic E-state index is 13.4. The number of piperidine rings is 1. The molecule has 0 aliphatic carbocycles. The number of carbonyl (C=O) groups excluding carboxylic acids is 2. The highest BCUT2D eigenvalue weighted by Gasteiger charge is 2.33. The number of aromatic nitrogens is 2. The van der Waals surface area contributed by atoms with E-state index in [1.54, 1.807) is 0 Å². The minimum Gasteiger partial charge on any atom is -0.321 e. The molecular weight excluding hydrogens is 544 g/mol. The molecule has 1 fully saturated rings. The predicted molar refractivity (Wildman–Crippen MR) is 169 cm³/mol. The topological polar surface area (TPSA) is 90.5 Å². The van der Waals surface area contributed by atoms with Crippen LogP contribution in [-0.4, -0.2) is 39.9 Å². The van der Waals surface area contributed by atoms with Crippen LogP contribution in [0.3, 0.4) is 0 Å². The van der Waals surface area contributed by atoms with Crippen molar-refractivity contribution < 1.29 is 9.59 Å². The molecular formula is C33H30N6O2S. The number of nitrogens with zero attached hydrogens (tertiary/aromatic N) is 4. The van der Waals surface area contributed by atoms with E-state index in [0.717, 1.165) is 30.8 Å². The van der Waals surface area contributed by atoms with Crippen LogP contribution in [0.1, 0.15) is 40.1 Å². The number of amides is 3. The van der Waals surface area contributed by atoms with Crippen molar-refractivity contribution in [2.75, 3.05) is 28.6 Å². The van der Waals surface area contributed by atoms with Gasteiger partial charge >= 0.3 is 6.03 Å². The molecule has 2 aromatic heterocycles. The van der Waals surface area contributed by atoms with Gasteiger partial charge in [0.15, 0.2) is 5.82 Å². The van der Waals surface area contributed by atoms with Gasteiger partial charge in [0, 0.05) is 12.2 Å². The minimum atomic E-state index is -0.375. The maximum atomic E-state index is 13.4. The fraction of sp³-hybridized carbons (Fsp3) is 0.212. The fourth-order valence-electron chi connectivity index (χ4n) is 5.67. The van der Waals surface area contributed by atoms with E-state index in [4.69, 9.17) is 0 Å². The summed E-state index contributed by atoms with van der Waals surface area (Å²) >= 11 is 1.25. The van der Waals surface area contributed by atoms with E-state index in [1.165, 1.54) is 53.0 Å². The highest BCUT2D eigenvalue weighted by atomic mass is 32.1. The van der Waals surface area contributed by atoms with Gasteiger partial charge in [0.05, 0.1) is 16.8 Å². The summed E-state index contributed by atoms with van der Waals surface area (Å²) in [6, 6.07) is 23.7. The molecule has 5 aromatic rings. The first-order valence-corrected chi connectivity index (χ1v) is 15.0. The fourth-order valence-corrected chi connectivity index (χ4v) is 6.66. The number of hydrogen-bond donors (Lipinski definition) is 2. The van der Waals surface area contributed by atoms with Gasteiger partial charge in [0.2, 0.25) is 0 Å². The largest absolute Gasteiger partial charge is 0.332 e. The summed E-state index contributed by atoms with van der Waals surface area (Å²) < 4.78 is 0. The number of hydrogen-bond acceptors (Lipinski definition) is 6. The van der Waals surface area contributed by atoms with E-state index in [-0.39, 0.29) is 11.9 Å². The molecule has 2 N–H and O–H groups in total. The van der Waals surface area contributed by atoms with Crippen LogP contribution < -0.4 is 15.5 Å². The van der Waals surface area contributed by atoms with Crippen molar-refractivity contribution in [3.63, 3.8) is 0 Å². The smallest absolute Gasteiger partial charge is 0.321 e. The highest BCUT2D eigenvalue weighted by Crippen LogP contribution is 2.45. The average molecular weight is 575 g/mol. The standard InChI is InChI=1S/C33H30N6O2S/c1-21-5-9-23(10-6-21)24-11-15-26(16-12-24)39-30-27-28(37-33(39)41)29(42-32(27)35-20-34-30)31(40)36-25-13-7-22(8-14-25)19-38-17-3-2-4-18-38/h5-16,20H,2-4,17-19H2,1H3,(H,36,40)(H,37,41). The number of likely N-dealkylation sites (tertiary alicyclic amines) is 1. The van der Waals surface area contributed by atoms with Gasteiger partial charge < -0.3 is 10.6 Å². The van der Waals surface area contributed by atoms with Crippen LogP contribution in [0.2, 0.25) is 0 Å². The van der Waals surface area contributed by atoms with E-state index in [9.17, 15) is 9.59 Å². The van der Waals surface area contributed by atoms with Gasteiger partial charge in [0.1, 0.15) is 16.0 Å². The summed E-state index contributed by atoms with van der Waals surface area (Å²) in [4.78, 5) is 40.8. The zero-order chi connectivity index (χ0) is 28.6. The van der Waals surface area contributed by atoms with Gasteiger partial charge in [0.25, 0.3) is 5.91 Å². The van der Waals surface area contributed by atoms with Gasteiger partial charge in [-0.05, 0) is 73.8 Å². The zero-order valence-corrected chi connectivity index (χ0v) is 24.1. The Morgan fingerprint density at radius 3 is 2.31 bits per heavy atom. The number of benzene rings is 3. The average Bonchev–Trinajstić information content (AvgIpc) is 3.39. The predicted octanol–water partition coefficient (Wildman–Crippen LogP) is 7.59. The summed E-state index contributed by atoms with van der Waals surface area (Å²) in [6.45, 7) is 5.26. The van der Waals surface area contributed by atoms with E-state index >= 15 is 0 Å². The first-order chi connectivity index (χ1) is 20.5. The van der Waals surface area contributed by atoms with Crippen molar-refractivity contribution in [3.05, 3.63) is 95.1 Å². The molecule has 7 rings (SSSR count). The summed E-state index contributed by atoms with van der Waals surface area (Å²) in [5.74, 6) is 0.165. The van der Waals surface area contributed by atoms with Crippen molar-refractivity contribution in [1.82, 2.24) is 14.9 Å². The molecule has 0 bridgehead atoms. The van der Waals surface area contributed by atoms with Crippen LogP contribution in [0.4, 0.5) is 27.7 Å². The Hall–Kier alpha value is -4.60. The van der Waals surface area contributed by atoms with Crippen molar-refractivity contribution in [2.45, 2.75) is 32.7 Å². The summed E-state index contributed by atoms with van der Waals surface area (Å²) in [7, 11) is 0. The minimum absolute atomic E-state index is 0.293. The maximum Gasteiger partial charge on any atom is 0.332 e. The quantitative estimate of drug-likeness (QED) is 0.218. The number of anilines is 4. The molecule has 1 saturated heterocycles. The van der Waals surface area contributed by atoms with E-state index < -0.39 is 0 Å². The lowest BCUT2D eigenvalue weighted by Gasteiger charge is -2.27. The molecule has 3 amide bonds. The third kappa shape index (κ3) is 5.01. The molecule has 2 aliphatic rings. The molecule has 0 radical (unpaired) electrons. The van der Waals surface area contributed by atoms with E-state index in [0.29, 0.717) is 38.0 Å². The SMILES string of the molecule is Cc1ccc(-c2ccc(N3C(=O)Nc4c(C(=O)Nc5ccc(CN6CCCCC6)cc5)sc5ncnc3c45)cc2)cc1. The van der Waals surface area contributed by atoms with Crippen molar-refractivity contribution in [3.8, 4) is 11.1 Å². The van der Waals surface area contributed by atoms with E-state index in [1.807, 2.05) is 36.4 Å². The summed E-state index contributed by atoms with van der Waals surface area (Å²) in [5.41, 5.74) is 6.42. The Kier molecular flexibility index (Phi) is 6.89. The Bertz CT molecular complexity index is 1780. The lowest BCUT2D eigenvalue weighted by molar-refractivity contribution is 0.103. The van der Waals surface area contributed by atoms with Gasteiger partial charge in [-0.2, -0.15) is 0 Å². The van der Waals surface area contributed by atoms with E-state index in [2.05, 4.69) is 68.8 Å². The molecule has 3 aromatic carbocycles. The molecule has 42 heavy (non-hydrogen) atoms. The second kappa shape index (κ2) is 11.0. The lowest BCUT2D eigenvalue weighted by Crippen LogP contribution is -2.35. The number of rotatable bonds is 6. The molecule has 0 saturated carbocycles. The molecule has 0 unspecified atom stereocenters. The molecule has 0 spiro atoms. The molecule has 0 atom stereocenters. The van der Waals surface area contributed by atoms with Gasteiger partial charge in [-0.3, -0.25) is 9.69 Å². The zero-order valence-electron chi connectivity index (χ0n) is 23.3. The number of nitrogens with one attached hydrogen (secondary N) is 2. The third-order valence-electron chi connectivity index (χ3n) is 7.90. The second-order valence-corrected chi connectivity index (χ2v) is 11.8. The van der Waals surface area contributed by atoms with Crippen molar-refractivity contribution in [1.29, 1.82) is 0 Å². The number of carbonyl (C=O) groups is 2. The Morgan fingerprint density at radius 1 is 0.905 bits per heavy atom. The lowest BCUT2D eigenvalue weighted by atomic mass is 10.0. The van der Waals surface area contributed by atoms with Gasteiger partial charge in [-0.15, -0.1) is 11.3 Å². The summed E-state index contributed by atoms with van der Waals surface area (Å²) in [5, 5.41) is 6.60. The number of aryl methyl sites for hydroxylation is 1. The molecule has 8 nitrogen and oxygen atoms in total. The number of urea groups is 1. The Labute approximate surface area is 248 Å². The molecule has 210 valence electrons. The van der Waals surface area contributed by atoms with Crippen LogP contribution in [0.25, 0.3) is 21.3 Å². The molecule has 4 heterocycles. The third-order valence-corrected chi connectivity index (χ3v) is 8.99. The van der Waals surface area contributed by atoms with Crippen LogP contribution in [-0.2, 0) is 6.54 Å². The van der Waals surface area contributed by atoms with Gasteiger partial charge in [-0.1, -0.05) is 60.5 Å². The van der Waals surface area contributed by atoms with Crippen LogP contribution in [0.15, 0.2) is 79.1 Å². The first kappa shape index (κ1) is 26.3. The molecule has 2 aliphatic heterocycles. The monoisotopic (exact) mass is 574 g/mol. The normalized spacial score (nSPS) is 15.1. The van der Waals surface area contributed by atoms with Crippen LogP contribution >= 0.6 is 11.3 Å².